The highest BCUT2D eigenvalue weighted by Crippen LogP contribution is 2.17. The summed E-state index contributed by atoms with van der Waals surface area (Å²) in [5.74, 6) is -0.176. The van der Waals surface area contributed by atoms with E-state index in [1.165, 1.54) is 0 Å². The predicted octanol–water partition coefficient (Wildman–Crippen LogP) is 2.53. The number of benzene rings is 2. The van der Waals surface area contributed by atoms with Gasteiger partial charge in [-0.3, -0.25) is 9.59 Å². The van der Waals surface area contributed by atoms with Crippen LogP contribution in [0.15, 0.2) is 54.6 Å². The van der Waals surface area contributed by atoms with Crippen LogP contribution in [0.4, 0.5) is 5.69 Å². The summed E-state index contributed by atoms with van der Waals surface area (Å²) in [4.78, 5) is 28.8. The van der Waals surface area contributed by atoms with Crippen molar-refractivity contribution in [2.24, 2.45) is 5.73 Å². The maximum absolute atomic E-state index is 12.7. The van der Waals surface area contributed by atoms with Crippen molar-refractivity contribution < 1.29 is 9.59 Å². The molecular formula is C20H23N3O2. The van der Waals surface area contributed by atoms with Gasteiger partial charge in [0.2, 0.25) is 0 Å². The number of para-hydroxylation sites is 1. The summed E-state index contributed by atoms with van der Waals surface area (Å²) in [5, 5.41) is 0. The molecule has 0 spiro atoms. The third kappa shape index (κ3) is 3.88. The number of amides is 2. The lowest BCUT2D eigenvalue weighted by molar-refractivity contribution is 0.0714. The first-order valence-corrected chi connectivity index (χ1v) is 8.54. The van der Waals surface area contributed by atoms with Gasteiger partial charge in [-0.25, -0.2) is 0 Å². The topological polar surface area (TPSA) is 66.6 Å². The van der Waals surface area contributed by atoms with Gasteiger partial charge in [-0.15, -0.1) is 0 Å². The highest BCUT2D eigenvalue weighted by Gasteiger charge is 2.22. The Hall–Kier alpha value is -2.66. The molecule has 0 unspecified atom stereocenters. The van der Waals surface area contributed by atoms with E-state index < -0.39 is 0 Å². The maximum atomic E-state index is 12.7. The van der Waals surface area contributed by atoms with Crippen LogP contribution in [0, 0.1) is 0 Å². The molecule has 2 aromatic carbocycles. The molecule has 1 aliphatic rings. The average Bonchev–Trinajstić information content (AvgIpc) is 2.67. The highest BCUT2D eigenvalue weighted by molar-refractivity contribution is 6.07. The lowest BCUT2D eigenvalue weighted by atomic mass is 10.0. The minimum absolute atomic E-state index is 0.0380. The second kappa shape index (κ2) is 7.49. The molecule has 130 valence electrons. The summed E-state index contributed by atoms with van der Waals surface area (Å²) < 4.78 is 0. The molecule has 25 heavy (non-hydrogen) atoms. The monoisotopic (exact) mass is 337 g/mol. The van der Waals surface area contributed by atoms with E-state index >= 15 is 0 Å². The summed E-state index contributed by atoms with van der Waals surface area (Å²) in [7, 11) is 1.73. The summed E-state index contributed by atoms with van der Waals surface area (Å²) in [6.45, 7) is 1.34. The number of rotatable bonds is 3. The molecule has 1 fully saturated rings. The van der Waals surface area contributed by atoms with E-state index in [4.69, 9.17) is 5.73 Å². The van der Waals surface area contributed by atoms with Crippen LogP contribution in [-0.2, 0) is 0 Å². The molecule has 2 aromatic rings. The zero-order valence-electron chi connectivity index (χ0n) is 14.4. The second-order valence-electron chi connectivity index (χ2n) is 6.41. The van der Waals surface area contributed by atoms with Crippen LogP contribution >= 0.6 is 0 Å². The van der Waals surface area contributed by atoms with E-state index in [1.54, 1.807) is 36.2 Å². The number of anilines is 1. The van der Waals surface area contributed by atoms with Gasteiger partial charge < -0.3 is 15.5 Å². The van der Waals surface area contributed by atoms with Crippen LogP contribution in [0.5, 0.6) is 0 Å². The molecule has 0 saturated carbocycles. The maximum Gasteiger partial charge on any atom is 0.258 e. The Morgan fingerprint density at radius 3 is 2.32 bits per heavy atom. The number of hydrogen-bond acceptors (Lipinski definition) is 3. The number of carbonyl (C=O) groups excluding carboxylic acids is 2. The summed E-state index contributed by atoms with van der Waals surface area (Å²) >= 11 is 0. The first-order valence-electron chi connectivity index (χ1n) is 8.54. The fourth-order valence-electron chi connectivity index (χ4n) is 3.03. The van der Waals surface area contributed by atoms with Gasteiger partial charge in [0.1, 0.15) is 0 Å². The number of nitrogens with zero attached hydrogens (tertiary/aromatic N) is 2. The summed E-state index contributed by atoms with van der Waals surface area (Å²) in [6, 6.07) is 16.6. The van der Waals surface area contributed by atoms with Crippen LogP contribution < -0.4 is 10.6 Å². The van der Waals surface area contributed by atoms with E-state index in [9.17, 15) is 9.59 Å². The summed E-state index contributed by atoms with van der Waals surface area (Å²) in [6.07, 6.45) is 1.64. The standard InChI is InChI=1S/C20H23N3O2/c1-22(18-8-3-2-4-9-18)19(24)15-6-5-7-16(14-15)20(25)23-12-10-17(21)11-13-23/h2-9,14,17H,10-13,21H2,1H3. The number of nitrogens with two attached hydrogens (primary N) is 1. The van der Waals surface area contributed by atoms with Gasteiger partial charge in [-0.1, -0.05) is 24.3 Å². The Morgan fingerprint density at radius 1 is 1.00 bits per heavy atom. The quantitative estimate of drug-likeness (QED) is 0.936. The van der Waals surface area contributed by atoms with Crippen molar-refractivity contribution >= 4 is 17.5 Å². The molecule has 0 radical (unpaired) electrons. The van der Waals surface area contributed by atoms with Gasteiger partial charge in [0.15, 0.2) is 0 Å². The van der Waals surface area contributed by atoms with Crippen molar-refractivity contribution in [1.82, 2.24) is 4.90 Å². The first-order chi connectivity index (χ1) is 12.1. The van der Waals surface area contributed by atoms with Crippen LogP contribution in [0.1, 0.15) is 33.6 Å². The molecule has 1 saturated heterocycles. The predicted molar refractivity (Wildman–Crippen MR) is 98.7 cm³/mol. The van der Waals surface area contributed by atoms with E-state index in [0.29, 0.717) is 24.2 Å². The molecule has 2 N–H and O–H groups in total. The normalized spacial score (nSPS) is 15.0. The lowest BCUT2D eigenvalue weighted by Crippen LogP contribution is -2.42. The highest BCUT2D eigenvalue weighted by atomic mass is 16.2. The van der Waals surface area contributed by atoms with Crippen molar-refractivity contribution in [3.63, 3.8) is 0 Å². The summed E-state index contributed by atoms with van der Waals surface area (Å²) in [5.41, 5.74) is 7.76. The molecule has 1 aliphatic heterocycles. The van der Waals surface area contributed by atoms with E-state index in [1.807, 2.05) is 35.2 Å². The fourth-order valence-corrected chi connectivity index (χ4v) is 3.03. The average molecular weight is 337 g/mol. The molecular weight excluding hydrogens is 314 g/mol. The number of carbonyl (C=O) groups is 2. The molecule has 2 amide bonds. The Labute approximate surface area is 148 Å². The Bertz CT molecular complexity index is 753. The minimum Gasteiger partial charge on any atom is -0.339 e. The van der Waals surface area contributed by atoms with Gasteiger partial charge in [0.25, 0.3) is 11.8 Å². The van der Waals surface area contributed by atoms with E-state index in [2.05, 4.69) is 0 Å². The third-order valence-corrected chi connectivity index (χ3v) is 4.63. The van der Waals surface area contributed by atoms with Gasteiger partial charge in [-0.2, -0.15) is 0 Å². The molecule has 0 aliphatic carbocycles. The Morgan fingerprint density at radius 2 is 1.64 bits per heavy atom. The largest absolute Gasteiger partial charge is 0.339 e. The lowest BCUT2D eigenvalue weighted by Gasteiger charge is -2.30. The van der Waals surface area contributed by atoms with Crippen LogP contribution in [-0.4, -0.2) is 42.9 Å². The van der Waals surface area contributed by atoms with E-state index in [0.717, 1.165) is 18.5 Å². The minimum atomic E-state index is -0.137. The SMILES string of the molecule is CN(C(=O)c1cccc(C(=O)N2CCC(N)CC2)c1)c1ccccc1. The zero-order valence-corrected chi connectivity index (χ0v) is 14.4. The van der Waals surface area contributed by atoms with Crippen molar-refractivity contribution in [3.05, 3.63) is 65.7 Å². The fraction of sp³-hybridized carbons (Fsp3) is 0.300. The third-order valence-electron chi connectivity index (χ3n) is 4.63. The van der Waals surface area contributed by atoms with Crippen molar-refractivity contribution in [1.29, 1.82) is 0 Å². The van der Waals surface area contributed by atoms with Crippen molar-refractivity contribution in [2.45, 2.75) is 18.9 Å². The molecule has 5 nitrogen and oxygen atoms in total. The molecule has 0 atom stereocenters. The smallest absolute Gasteiger partial charge is 0.258 e. The molecule has 1 heterocycles. The zero-order chi connectivity index (χ0) is 17.8. The first kappa shape index (κ1) is 17.2. The molecule has 0 bridgehead atoms. The Balaban J connectivity index is 1.77. The number of likely N-dealkylation sites (tertiary alicyclic amines) is 1. The van der Waals surface area contributed by atoms with Crippen LogP contribution in [0.25, 0.3) is 0 Å². The van der Waals surface area contributed by atoms with Crippen molar-refractivity contribution in [2.75, 3.05) is 25.0 Å². The van der Waals surface area contributed by atoms with Gasteiger partial charge in [0.05, 0.1) is 0 Å². The molecule has 3 rings (SSSR count). The number of hydrogen-bond donors (Lipinski definition) is 1. The van der Waals surface area contributed by atoms with Crippen molar-refractivity contribution in [3.8, 4) is 0 Å². The van der Waals surface area contributed by atoms with Crippen LogP contribution in [0.3, 0.4) is 0 Å². The Kier molecular flexibility index (Phi) is 5.14. The number of piperidine rings is 1. The molecule has 0 aromatic heterocycles. The second-order valence-corrected chi connectivity index (χ2v) is 6.41. The molecule has 5 heteroatoms. The van der Waals surface area contributed by atoms with Gasteiger partial charge in [0, 0.05) is 43.0 Å². The van der Waals surface area contributed by atoms with Gasteiger partial charge >= 0.3 is 0 Å². The van der Waals surface area contributed by atoms with Crippen LogP contribution in [0.2, 0.25) is 0 Å². The van der Waals surface area contributed by atoms with Gasteiger partial charge in [-0.05, 0) is 43.2 Å². The van der Waals surface area contributed by atoms with E-state index in [-0.39, 0.29) is 17.9 Å².